The van der Waals surface area contributed by atoms with Crippen molar-refractivity contribution in [3.8, 4) is 0 Å². The Kier molecular flexibility index (Phi) is 5.21. The van der Waals surface area contributed by atoms with Crippen LogP contribution in [0.2, 0.25) is 0 Å². The van der Waals surface area contributed by atoms with Crippen molar-refractivity contribution in [2.45, 2.75) is 32.1 Å². The first kappa shape index (κ1) is 19.4. The zero-order valence-corrected chi connectivity index (χ0v) is 16.8. The second kappa shape index (κ2) is 7.81. The molecule has 2 saturated heterocycles. The Bertz CT molecular complexity index is 885. The highest BCUT2D eigenvalue weighted by Gasteiger charge is 2.55. The van der Waals surface area contributed by atoms with Crippen LogP contribution in [0.25, 0.3) is 0 Å². The minimum atomic E-state index is -0.420. The number of hydrogen-bond donors (Lipinski definition) is 1. The Morgan fingerprint density at radius 3 is 2.83 bits per heavy atom. The molecule has 0 radical (unpaired) electrons. The predicted molar refractivity (Wildman–Crippen MR) is 104 cm³/mol. The van der Waals surface area contributed by atoms with Crippen molar-refractivity contribution in [2.75, 3.05) is 32.7 Å². The first-order valence-corrected chi connectivity index (χ1v) is 10.1. The van der Waals surface area contributed by atoms with Crippen molar-refractivity contribution in [3.63, 3.8) is 0 Å². The lowest BCUT2D eigenvalue weighted by molar-refractivity contribution is 0.0567. The van der Waals surface area contributed by atoms with Crippen molar-refractivity contribution in [3.05, 3.63) is 41.9 Å². The van der Waals surface area contributed by atoms with E-state index >= 15 is 0 Å². The largest absolute Gasteiger partial charge is 0.425 e. The number of piperidine rings is 1. The average Bonchev–Trinajstić information content (AvgIpc) is 3.36. The molecule has 2 aliphatic heterocycles. The number of urea groups is 1. The molecule has 0 saturated carbocycles. The minimum absolute atomic E-state index is 0.0316. The lowest BCUT2D eigenvalue weighted by Crippen LogP contribution is -2.51. The molecule has 1 N–H and O–H groups in total. The van der Waals surface area contributed by atoms with Crippen LogP contribution in [-0.2, 0) is 5.41 Å². The van der Waals surface area contributed by atoms with E-state index in [1.165, 1.54) is 0 Å². The van der Waals surface area contributed by atoms with Crippen molar-refractivity contribution in [2.24, 2.45) is 5.92 Å². The van der Waals surface area contributed by atoms with Gasteiger partial charge in [0.1, 0.15) is 0 Å². The molecule has 3 amide bonds. The fraction of sp³-hybridized carbons (Fsp3) is 0.550. The summed E-state index contributed by atoms with van der Waals surface area (Å²) in [6.07, 6.45) is 4.79. The van der Waals surface area contributed by atoms with Gasteiger partial charge in [0.05, 0.1) is 11.0 Å². The second-order valence-corrected chi connectivity index (χ2v) is 7.83. The fourth-order valence-electron chi connectivity index (χ4n) is 4.38. The van der Waals surface area contributed by atoms with Gasteiger partial charge in [-0.25, -0.2) is 4.79 Å². The number of nitrogens with one attached hydrogen (secondary N) is 1. The summed E-state index contributed by atoms with van der Waals surface area (Å²) in [4.78, 5) is 33.3. The van der Waals surface area contributed by atoms with E-state index in [9.17, 15) is 9.59 Å². The average molecular weight is 398 g/mol. The maximum absolute atomic E-state index is 12.9. The number of fused-ring (bicyclic) bond motifs is 1. The summed E-state index contributed by atoms with van der Waals surface area (Å²) in [5.74, 6) is 1.07. The summed E-state index contributed by atoms with van der Waals surface area (Å²) in [7, 11) is 0. The van der Waals surface area contributed by atoms with Crippen LogP contribution in [-0.4, -0.2) is 69.6 Å². The lowest BCUT2D eigenvalue weighted by Gasteiger charge is -2.41. The van der Waals surface area contributed by atoms with Crippen LogP contribution in [0.5, 0.6) is 0 Å². The SMILES string of the molecule is CCCNC(=O)N1C[C@@H]2CN(C(=O)c3cccnc3)CC[C@]2(c2nnc(C)o2)C1. The number of amides is 3. The van der Waals surface area contributed by atoms with Crippen LogP contribution < -0.4 is 5.32 Å². The summed E-state index contributed by atoms with van der Waals surface area (Å²) >= 11 is 0. The highest BCUT2D eigenvalue weighted by Crippen LogP contribution is 2.45. The summed E-state index contributed by atoms with van der Waals surface area (Å²) in [5.41, 5.74) is 0.153. The molecule has 154 valence electrons. The van der Waals surface area contributed by atoms with Crippen molar-refractivity contribution >= 4 is 11.9 Å². The van der Waals surface area contributed by atoms with E-state index in [0.29, 0.717) is 56.5 Å². The van der Waals surface area contributed by atoms with Crippen LogP contribution >= 0.6 is 0 Å². The van der Waals surface area contributed by atoms with Gasteiger partial charge >= 0.3 is 6.03 Å². The van der Waals surface area contributed by atoms with Crippen LogP contribution in [0, 0.1) is 12.8 Å². The van der Waals surface area contributed by atoms with Gasteiger partial charge in [-0.1, -0.05) is 6.92 Å². The quantitative estimate of drug-likeness (QED) is 0.839. The maximum Gasteiger partial charge on any atom is 0.317 e. The standard InChI is InChI=1S/C20H26N6O3/c1-3-7-22-19(28)26-12-16-11-25(17(27)15-5-4-8-21-10-15)9-6-20(16,13-26)18-24-23-14(2)29-18/h4-5,8,10,16H,3,6-7,9,11-13H2,1-2H3,(H,22,28)/t16-,20-/m0/s1. The van der Waals surface area contributed by atoms with Gasteiger partial charge in [-0.2, -0.15) is 0 Å². The highest BCUT2D eigenvalue weighted by molar-refractivity contribution is 5.94. The Hall–Kier alpha value is -2.97. The normalized spacial score (nSPS) is 23.7. The van der Waals surface area contributed by atoms with E-state index in [4.69, 9.17) is 4.42 Å². The Morgan fingerprint density at radius 1 is 1.31 bits per heavy atom. The number of nitrogens with zero attached hydrogens (tertiary/aromatic N) is 5. The Morgan fingerprint density at radius 2 is 2.14 bits per heavy atom. The molecule has 0 spiro atoms. The Balaban J connectivity index is 1.58. The number of carbonyl (C=O) groups is 2. The first-order valence-electron chi connectivity index (χ1n) is 10.1. The van der Waals surface area contributed by atoms with Gasteiger partial charge in [0.25, 0.3) is 5.91 Å². The third kappa shape index (κ3) is 3.56. The van der Waals surface area contributed by atoms with Crippen molar-refractivity contribution in [1.82, 2.24) is 30.3 Å². The molecule has 9 nitrogen and oxygen atoms in total. The summed E-state index contributed by atoms with van der Waals surface area (Å²) < 4.78 is 5.82. The molecule has 0 aliphatic carbocycles. The van der Waals surface area contributed by atoms with E-state index in [2.05, 4.69) is 20.5 Å². The zero-order valence-electron chi connectivity index (χ0n) is 16.8. The van der Waals surface area contributed by atoms with Crippen LogP contribution in [0.4, 0.5) is 4.79 Å². The number of aromatic nitrogens is 3. The molecule has 2 aliphatic rings. The van der Waals surface area contributed by atoms with Gasteiger partial charge in [0.2, 0.25) is 11.8 Å². The molecule has 2 aromatic heterocycles. The minimum Gasteiger partial charge on any atom is -0.425 e. The molecule has 0 aromatic carbocycles. The molecule has 4 rings (SSSR count). The molecule has 2 fully saturated rings. The fourth-order valence-corrected chi connectivity index (χ4v) is 4.38. The predicted octanol–water partition coefficient (Wildman–Crippen LogP) is 1.61. The molecular formula is C20H26N6O3. The number of hydrogen-bond acceptors (Lipinski definition) is 6. The number of pyridine rings is 1. The van der Waals surface area contributed by atoms with Crippen LogP contribution in [0.1, 0.15) is 41.9 Å². The number of rotatable bonds is 4. The van der Waals surface area contributed by atoms with Gasteiger partial charge in [0.15, 0.2) is 0 Å². The van der Waals surface area contributed by atoms with Gasteiger partial charge < -0.3 is 19.5 Å². The summed E-state index contributed by atoms with van der Waals surface area (Å²) in [5, 5.41) is 11.3. The van der Waals surface area contributed by atoms with Crippen LogP contribution in [0.3, 0.4) is 0 Å². The van der Waals surface area contributed by atoms with Gasteiger partial charge in [-0.05, 0) is 25.0 Å². The third-order valence-corrected chi connectivity index (χ3v) is 5.92. The molecule has 29 heavy (non-hydrogen) atoms. The van der Waals surface area contributed by atoms with Crippen LogP contribution in [0.15, 0.2) is 28.9 Å². The Labute approximate surface area is 169 Å². The molecule has 2 atom stereocenters. The van der Waals surface area contributed by atoms with E-state index in [0.717, 1.165) is 6.42 Å². The van der Waals surface area contributed by atoms with Crippen molar-refractivity contribution in [1.29, 1.82) is 0 Å². The molecule has 9 heteroatoms. The van der Waals surface area contributed by atoms with E-state index in [1.54, 1.807) is 31.5 Å². The zero-order chi connectivity index (χ0) is 20.4. The molecule has 0 bridgehead atoms. The molecule has 4 heterocycles. The first-order chi connectivity index (χ1) is 14.0. The van der Waals surface area contributed by atoms with Gasteiger partial charge in [0, 0.05) is 58.0 Å². The summed E-state index contributed by atoms with van der Waals surface area (Å²) in [6.45, 7) is 6.59. The molecule has 0 unspecified atom stereocenters. The molecular weight excluding hydrogens is 372 g/mol. The highest BCUT2D eigenvalue weighted by atomic mass is 16.4. The second-order valence-electron chi connectivity index (χ2n) is 7.83. The maximum atomic E-state index is 12.9. The van der Waals surface area contributed by atoms with Crippen molar-refractivity contribution < 1.29 is 14.0 Å². The van der Waals surface area contributed by atoms with E-state index in [1.807, 2.05) is 16.7 Å². The van der Waals surface area contributed by atoms with Gasteiger partial charge in [-0.15, -0.1) is 10.2 Å². The third-order valence-electron chi connectivity index (χ3n) is 5.92. The number of carbonyl (C=O) groups excluding carboxylic acids is 2. The lowest BCUT2D eigenvalue weighted by atomic mass is 9.72. The smallest absolute Gasteiger partial charge is 0.317 e. The number of aryl methyl sites for hydroxylation is 1. The van der Waals surface area contributed by atoms with Gasteiger partial charge in [-0.3, -0.25) is 9.78 Å². The monoisotopic (exact) mass is 398 g/mol. The summed E-state index contributed by atoms with van der Waals surface area (Å²) in [6, 6.07) is 3.46. The molecule has 2 aromatic rings. The topological polar surface area (TPSA) is 104 Å². The van der Waals surface area contributed by atoms with E-state index < -0.39 is 5.41 Å². The number of likely N-dealkylation sites (tertiary alicyclic amines) is 2. The van der Waals surface area contributed by atoms with E-state index in [-0.39, 0.29) is 17.9 Å².